The van der Waals surface area contributed by atoms with Gasteiger partial charge in [-0.2, -0.15) is 0 Å². The fourth-order valence-electron chi connectivity index (χ4n) is 2.09. The molecule has 1 N–H and O–H groups in total. The highest BCUT2D eigenvalue weighted by Gasteiger charge is 2.15. The molecule has 0 unspecified atom stereocenters. The number of nitrogens with one attached hydrogen (secondary N) is 1. The van der Waals surface area contributed by atoms with Crippen molar-refractivity contribution >= 4 is 0 Å². The Hall–Kier alpha value is -0.820. The Balaban J connectivity index is 2.61. The first-order valence-corrected chi connectivity index (χ1v) is 6.26. The van der Waals surface area contributed by atoms with E-state index in [0.29, 0.717) is 0 Å². The van der Waals surface area contributed by atoms with Crippen LogP contribution < -0.4 is 5.32 Å². The maximum Gasteiger partial charge on any atom is 0.0213 e. The zero-order valence-corrected chi connectivity index (χ0v) is 11.4. The molecule has 0 atom stereocenters. The first kappa shape index (κ1) is 13.2. The average Bonchev–Trinajstić information content (AvgIpc) is 2.16. The van der Waals surface area contributed by atoms with Crippen LogP contribution >= 0.6 is 0 Å². The Morgan fingerprint density at radius 1 is 1.19 bits per heavy atom. The van der Waals surface area contributed by atoms with Crippen LogP contribution in [-0.4, -0.2) is 5.54 Å². The van der Waals surface area contributed by atoms with Gasteiger partial charge in [-0.15, -0.1) is 0 Å². The highest BCUT2D eigenvalue weighted by molar-refractivity contribution is 5.30. The molecule has 0 aliphatic rings. The van der Waals surface area contributed by atoms with Crippen LogP contribution in [-0.2, 0) is 6.54 Å². The van der Waals surface area contributed by atoms with Gasteiger partial charge in [-0.05, 0) is 45.2 Å². The molecule has 0 bridgehead atoms. The van der Waals surface area contributed by atoms with E-state index in [1.807, 2.05) is 0 Å². The molecule has 1 aromatic carbocycles. The van der Waals surface area contributed by atoms with Gasteiger partial charge in [-0.25, -0.2) is 0 Å². The topological polar surface area (TPSA) is 12.0 Å². The minimum absolute atomic E-state index is 0.242. The first-order chi connectivity index (χ1) is 7.44. The third-order valence-electron chi connectivity index (χ3n) is 3.13. The quantitative estimate of drug-likeness (QED) is 0.790. The number of rotatable bonds is 5. The van der Waals surface area contributed by atoms with Gasteiger partial charge in [0, 0.05) is 12.1 Å². The normalized spacial score (nSPS) is 11.8. The third-order valence-corrected chi connectivity index (χ3v) is 3.13. The van der Waals surface area contributed by atoms with E-state index in [2.05, 4.69) is 58.1 Å². The Kier molecular flexibility index (Phi) is 4.55. The molecule has 16 heavy (non-hydrogen) atoms. The fourth-order valence-corrected chi connectivity index (χ4v) is 2.09. The monoisotopic (exact) mass is 219 g/mol. The zero-order valence-electron chi connectivity index (χ0n) is 11.4. The van der Waals surface area contributed by atoms with Crippen LogP contribution in [0.25, 0.3) is 0 Å². The number of aryl methyl sites for hydroxylation is 2. The highest BCUT2D eigenvalue weighted by atomic mass is 14.9. The van der Waals surface area contributed by atoms with Gasteiger partial charge in [0.2, 0.25) is 0 Å². The zero-order chi connectivity index (χ0) is 12.2. The van der Waals surface area contributed by atoms with Crippen molar-refractivity contribution in [3.05, 3.63) is 34.9 Å². The molecule has 0 saturated carbocycles. The van der Waals surface area contributed by atoms with Crippen LogP contribution in [0.15, 0.2) is 18.2 Å². The van der Waals surface area contributed by atoms with Crippen LogP contribution in [0.5, 0.6) is 0 Å². The molecular weight excluding hydrogens is 194 g/mol. The van der Waals surface area contributed by atoms with Gasteiger partial charge < -0.3 is 5.32 Å². The Morgan fingerprint density at radius 3 is 2.44 bits per heavy atom. The lowest BCUT2D eigenvalue weighted by Crippen LogP contribution is -2.38. The molecular formula is C15H25N. The van der Waals surface area contributed by atoms with Crippen LogP contribution in [0.4, 0.5) is 0 Å². The lowest BCUT2D eigenvalue weighted by atomic mass is 9.97. The standard InChI is InChI=1S/C15H25N/c1-6-9-15(4,5)16-11-14-8-7-12(2)10-13(14)3/h7-8,10,16H,6,9,11H2,1-5H3. The van der Waals surface area contributed by atoms with Crippen LogP contribution in [0, 0.1) is 13.8 Å². The van der Waals surface area contributed by atoms with E-state index < -0.39 is 0 Å². The van der Waals surface area contributed by atoms with E-state index in [-0.39, 0.29) is 5.54 Å². The maximum absolute atomic E-state index is 3.64. The van der Waals surface area contributed by atoms with Crippen molar-refractivity contribution in [2.75, 3.05) is 0 Å². The summed E-state index contributed by atoms with van der Waals surface area (Å²) in [4.78, 5) is 0. The molecule has 0 aromatic heterocycles. The highest BCUT2D eigenvalue weighted by Crippen LogP contribution is 2.15. The molecule has 0 aliphatic heterocycles. The molecule has 0 amide bonds. The van der Waals surface area contributed by atoms with Crippen molar-refractivity contribution in [1.29, 1.82) is 0 Å². The van der Waals surface area contributed by atoms with Crippen molar-refractivity contribution in [1.82, 2.24) is 5.32 Å². The lowest BCUT2D eigenvalue weighted by Gasteiger charge is -2.26. The summed E-state index contributed by atoms with van der Waals surface area (Å²) in [7, 11) is 0. The minimum atomic E-state index is 0.242. The summed E-state index contributed by atoms with van der Waals surface area (Å²) in [5, 5.41) is 3.64. The van der Waals surface area contributed by atoms with Crippen molar-refractivity contribution in [3.63, 3.8) is 0 Å². The lowest BCUT2D eigenvalue weighted by molar-refractivity contribution is 0.356. The number of hydrogen-bond donors (Lipinski definition) is 1. The van der Waals surface area contributed by atoms with Gasteiger partial charge in [0.1, 0.15) is 0 Å². The second kappa shape index (κ2) is 5.49. The SMILES string of the molecule is CCCC(C)(C)NCc1ccc(C)cc1C. The molecule has 1 nitrogen and oxygen atoms in total. The number of benzene rings is 1. The van der Waals surface area contributed by atoms with E-state index in [4.69, 9.17) is 0 Å². The summed E-state index contributed by atoms with van der Waals surface area (Å²) in [6.45, 7) is 12.1. The molecule has 0 saturated heterocycles. The summed E-state index contributed by atoms with van der Waals surface area (Å²) < 4.78 is 0. The van der Waals surface area contributed by atoms with Crippen LogP contribution in [0.2, 0.25) is 0 Å². The van der Waals surface area contributed by atoms with Gasteiger partial charge in [-0.3, -0.25) is 0 Å². The van der Waals surface area contributed by atoms with Gasteiger partial charge >= 0.3 is 0 Å². The molecule has 0 radical (unpaired) electrons. The second-order valence-electron chi connectivity index (χ2n) is 5.42. The van der Waals surface area contributed by atoms with E-state index in [1.165, 1.54) is 29.5 Å². The smallest absolute Gasteiger partial charge is 0.0213 e. The summed E-state index contributed by atoms with van der Waals surface area (Å²) in [5.41, 5.74) is 4.38. The number of hydrogen-bond acceptors (Lipinski definition) is 1. The van der Waals surface area contributed by atoms with E-state index in [1.54, 1.807) is 0 Å². The van der Waals surface area contributed by atoms with Crippen molar-refractivity contribution in [2.45, 2.75) is 59.5 Å². The van der Waals surface area contributed by atoms with Crippen LogP contribution in [0.3, 0.4) is 0 Å². The molecule has 1 rings (SSSR count). The molecule has 0 fully saturated rings. The average molecular weight is 219 g/mol. The Labute approximate surface area is 100 Å². The van der Waals surface area contributed by atoms with E-state index in [0.717, 1.165) is 6.54 Å². The molecule has 0 aliphatic carbocycles. The largest absolute Gasteiger partial charge is 0.308 e. The van der Waals surface area contributed by atoms with Gasteiger partial charge in [0.15, 0.2) is 0 Å². The molecule has 0 heterocycles. The van der Waals surface area contributed by atoms with E-state index >= 15 is 0 Å². The van der Waals surface area contributed by atoms with Gasteiger partial charge in [-0.1, -0.05) is 37.1 Å². The predicted molar refractivity (Wildman–Crippen MR) is 71.7 cm³/mol. The maximum atomic E-state index is 3.64. The molecule has 90 valence electrons. The Bertz CT molecular complexity index is 339. The predicted octanol–water partition coefficient (Wildman–Crippen LogP) is 3.97. The summed E-state index contributed by atoms with van der Waals surface area (Å²) in [5.74, 6) is 0. The third kappa shape index (κ3) is 3.97. The van der Waals surface area contributed by atoms with Crippen molar-refractivity contribution in [3.8, 4) is 0 Å². The van der Waals surface area contributed by atoms with Gasteiger partial charge in [0.25, 0.3) is 0 Å². The minimum Gasteiger partial charge on any atom is -0.308 e. The molecule has 1 heteroatoms. The van der Waals surface area contributed by atoms with Gasteiger partial charge in [0.05, 0.1) is 0 Å². The van der Waals surface area contributed by atoms with Crippen molar-refractivity contribution < 1.29 is 0 Å². The summed E-state index contributed by atoms with van der Waals surface area (Å²) in [6, 6.07) is 6.68. The Morgan fingerprint density at radius 2 is 1.88 bits per heavy atom. The fraction of sp³-hybridized carbons (Fsp3) is 0.600. The molecule has 1 aromatic rings. The second-order valence-corrected chi connectivity index (χ2v) is 5.42. The summed E-state index contributed by atoms with van der Waals surface area (Å²) >= 11 is 0. The van der Waals surface area contributed by atoms with E-state index in [9.17, 15) is 0 Å². The molecule has 0 spiro atoms. The van der Waals surface area contributed by atoms with Crippen molar-refractivity contribution in [2.24, 2.45) is 0 Å². The first-order valence-electron chi connectivity index (χ1n) is 6.26. The van der Waals surface area contributed by atoms with Crippen LogP contribution in [0.1, 0.15) is 50.3 Å². The summed E-state index contributed by atoms with van der Waals surface area (Å²) in [6.07, 6.45) is 2.45.